The summed E-state index contributed by atoms with van der Waals surface area (Å²) in [5.74, 6) is -0.110. The number of para-hydroxylation sites is 2. The molecule has 5 nitrogen and oxygen atoms in total. The summed E-state index contributed by atoms with van der Waals surface area (Å²) in [5.41, 5.74) is 1.52. The highest BCUT2D eigenvalue weighted by Gasteiger charge is 2.12. The lowest BCUT2D eigenvalue weighted by atomic mass is 10.1. The van der Waals surface area contributed by atoms with Gasteiger partial charge in [-0.3, -0.25) is 9.59 Å². The van der Waals surface area contributed by atoms with Crippen LogP contribution in [0.25, 0.3) is 21.8 Å². The maximum atomic E-state index is 12.6. The molecule has 0 aliphatic carbocycles. The first-order valence-corrected chi connectivity index (χ1v) is 7.48. The van der Waals surface area contributed by atoms with Crippen molar-refractivity contribution in [3.05, 3.63) is 58.8 Å². The molecule has 0 unspecified atom stereocenters. The Balaban J connectivity index is 2.11. The molecule has 0 bridgehead atoms. The molecular weight excluding hydrogens is 292 g/mol. The number of methoxy groups -OCH3 is 1. The molecule has 0 saturated carbocycles. The van der Waals surface area contributed by atoms with Crippen LogP contribution < -0.4 is 10.7 Å². The van der Waals surface area contributed by atoms with E-state index in [1.54, 1.807) is 19.2 Å². The number of pyridine rings is 1. The van der Waals surface area contributed by atoms with Crippen molar-refractivity contribution in [2.75, 3.05) is 20.3 Å². The third kappa shape index (κ3) is 2.96. The predicted octanol–water partition coefficient (Wildman–Crippen LogP) is 1.92. The lowest BCUT2D eigenvalue weighted by Gasteiger charge is -2.15. The van der Waals surface area contributed by atoms with Crippen LogP contribution in [-0.4, -0.2) is 30.7 Å². The largest absolute Gasteiger partial charge is 0.383 e. The molecule has 0 radical (unpaired) electrons. The molecule has 3 rings (SSSR count). The van der Waals surface area contributed by atoms with Gasteiger partial charge in [-0.05, 0) is 24.3 Å². The highest BCUT2D eigenvalue weighted by molar-refractivity contribution is 5.94. The topological polar surface area (TPSA) is 60.3 Å². The Labute approximate surface area is 133 Å². The van der Waals surface area contributed by atoms with Crippen LogP contribution in [0, 0.1) is 0 Å². The van der Waals surface area contributed by atoms with Crippen LogP contribution in [-0.2, 0) is 16.1 Å². The number of carbonyl (C=O) groups is 1. The third-order valence-corrected chi connectivity index (χ3v) is 3.81. The minimum Gasteiger partial charge on any atom is -0.383 e. The monoisotopic (exact) mass is 310 g/mol. The van der Waals surface area contributed by atoms with Gasteiger partial charge >= 0.3 is 0 Å². The summed E-state index contributed by atoms with van der Waals surface area (Å²) >= 11 is 0. The number of nitrogens with one attached hydrogen (secondary N) is 1. The first-order chi connectivity index (χ1) is 11.2. The molecule has 1 amide bonds. The molecule has 0 aliphatic heterocycles. The Hall–Kier alpha value is -2.66. The number of ether oxygens (including phenoxy) is 1. The van der Waals surface area contributed by atoms with Gasteiger partial charge in [0.05, 0.1) is 17.6 Å². The Kier molecular flexibility index (Phi) is 4.39. The van der Waals surface area contributed by atoms with Crippen molar-refractivity contribution >= 4 is 27.7 Å². The van der Waals surface area contributed by atoms with Crippen molar-refractivity contribution < 1.29 is 9.53 Å². The zero-order valence-corrected chi connectivity index (χ0v) is 12.9. The van der Waals surface area contributed by atoms with Gasteiger partial charge in [-0.15, -0.1) is 0 Å². The number of benzene rings is 2. The summed E-state index contributed by atoms with van der Waals surface area (Å²) < 4.78 is 6.82. The first kappa shape index (κ1) is 15.2. The molecule has 1 N–H and O–H groups in total. The first-order valence-electron chi connectivity index (χ1n) is 7.48. The van der Waals surface area contributed by atoms with Gasteiger partial charge in [-0.1, -0.05) is 24.3 Å². The Bertz CT molecular complexity index is 855. The standard InChI is InChI=1S/C18H18N2O3/c1-23-11-10-19-17(21)12-20-15-8-4-2-6-13(15)18(22)14-7-3-5-9-16(14)20/h2-9H,10-12H2,1H3,(H,19,21). The van der Waals surface area contributed by atoms with Crippen molar-refractivity contribution in [2.24, 2.45) is 0 Å². The number of amides is 1. The summed E-state index contributed by atoms with van der Waals surface area (Å²) in [6, 6.07) is 14.7. The molecule has 0 saturated heterocycles. The second-order valence-electron chi connectivity index (χ2n) is 5.29. The van der Waals surface area contributed by atoms with Crippen LogP contribution in [0.3, 0.4) is 0 Å². The van der Waals surface area contributed by atoms with Gasteiger partial charge in [0.1, 0.15) is 6.54 Å². The number of nitrogens with zero attached hydrogens (tertiary/aromatic N) is 1. The van der Waals surface area contributed by atoms with Crippen molar-refractivity contribution in [3.8, 4) is 0 Å². The lowest BCUT2D eigenvalue weighted by molar-refractivity contribution is -0.121. The van der Waals surface area contributed by atoms with E-state index >= 15 is 0 Å². The van der Waals surface area contributed by atoms with Gasteiger partial charge in [0, 0.05) is 24.4 Å². The van der Waals surface area contributed by atoms with E-state index in [0.29, 0.717) is 23.9 Å². The minimum absolute atomic E-state index is 0.00718. The second-order valence-corrected chi connectivity index (χ2v) is 5.29. The zero-order valence-electron chi connectivity index (χ0n) is 12.9. The molecule has 0 atom stereocenters. The molecular formula is C18H18N2O3. The Morgan fingerprint density at radius 3 is 2.17 bits per heavy atom. The number of aromatic nitrogens is 1. The molecule has 5 heteroatoms. The van der Waals surface area contributed by atoms with E-state index in [9.17, 15) is 9.59 Å². The predicted molar refractivity (Wildman–Crippen MR) is 90.6 cm³/mol. The van der Waals surface area contributed by atoms with Gasteiger partial charge in [0.2, 0.25) is 5.91 Å². The van der Waals surface area contributed by atoms with Gasteiger partial charge < -0.3 is 14.6 Å². The van der Waals surface area contributed by atoms with E-state index in [-0.39, 0.29) is 17.9 Å². The van der Waals surface area contributed by atoms with E-state index in [4.69, 9.17) is 4.74 Å². The molecule has 0 aliphatic rings. The fraction of sp³-hybridized carbons (Fsp3) is 0.222. The van der Waals surface area contributed by atoms with Crippen LogP contribution in [0.1, 0.15) is 0 Å². The van der Waals surface area contributed by atoms with Crippen molar-refractivity contribution in [1.82, 2.24) is 9.88 Å². The highest BCUT2D eigenvalue weighted by Crippen LogP contribution is 2.18. The Morgan fingerprint density at radius 1 is 1.04 bits per heavy atom. The highest BCUT2D eigenvalue weighted by atomic mass is 16.5. The number of carbonyl (C=O) groups excluding carboxylic acids is 1. The minimum atomic E-state index is -0.110. The number of fused-ring (bicyclic) bond motifs is 2. The molecule has 1 heterocycles. The lowest BCUT2D eigenvalue weighted by Crippen LogP contribution is -2.31. The summed E-state index contributed by atoms with van der Waals surface area (Å²) in [7, 11) is 1.59. The summed E-state index contributed by atoms with van der Waals surface area (Å²) in [4.78, 5) is 24.8. The molecule has 1 aromatic heterocycles. The summed E-state index contributed by atoms with van der Waals surface area (Å²) in [5, 5.41) is 4.06. The van der Waals surface area contributed by atoms with Crippen molar-refractivity contribution in [2.45, 2.75) is 6.54 Å². The average Bonchev–Trinajstić information content (AvgIpc) is 2.59. The molecule has 0 fully saturated rings. The number of hydrogen-bond donors (Lipinski definition) is 1. The Morgan fingerprint density at radius 2 is 1.61 bits per heavy atom. The summed E-state index contributed by atoms with van der Waals surface area (Å²) in [6.07, 6.45) is 0. The normalized spacial score (nSPS) is 11.0. The van der Waals surface area contributed by atoms with Gasteiger partial charge in [0.15, 0.2) is 5.43 Å². The average molecular weight is 310 g/mol. The quantitative estimate of drug-likeness (QED) is 0.578. The van der Waals surface area contributed by atoms with E-state index in [1.165, 1.54) is 0 Å². The van der Waals surface area contributed by atoms with Crippen LogP contribution in [0.2, 0.25) is 0 Å². The molecule has 0 spiro atoms. The SMILES string of the molecule is COCCNC(=O)Cn1c2ccccc2c(=O)c2ccccc21. The number of rotatable bonds is 5. The van der Waals surface area contributed by atoms with Crippen LogP contribution in [0.5, 0.6) is 0 Å². The van der Waals surface area contributed by atoms with E-state index in [1.807, 2.05) is 41.0 Å². The zero-order chi connectivity index (χ0) is 16.2. The van der Waals surface area contributed by atoms with E-state index in [2.05, 4.69) is 5.32 Å². The van der Waals surface area contributed by atoms with Crippen molar-refractivity contribution in [3.63, 3.8) is 0 Å². The second kappa shape index (κ2) is 6.62. The number of hydrogen-bond acceptors (Lipinski definition) is 3. The van der Waals surface area contributed by atoms with Gasteiger partial charge in [-0.2, -0.15) is 0 Å². The third-order valence-electron chi connectivity index (χ3n) is 3.81. The smallest absolute Gasteiger partial charge is 0.240 e. The molecule has 3 aromatic rings. The maximum absolute atomic E-state index is 12.6. The van der Waals surface area contributed by atoms with Gasteiger partial charge in [0.25, 0.3) is 0 Å². The van der Waals surface area contributed by atoms with Crippen LogP contribution in [0.4, 0.5) is 0 Å². The van der Waals surface area contributed by atoms with E-state index in [0.717, 1.165) is 11.0 Å². The molecule has 23 heavy (non-hydrogen) atoms. The molecule has 2 aromatic carbocycles. The molecule has 118 valence electrons. The van der Waals surface area contributed by atoms with E-state index < -0.39 is 0 Å². The fourth-order valence-electron chi connectivity index (χ4n) is 2.74. The maximum Gasteiger partial charge on any atom is 0.240 e. The summed E-state index contributed by atoms with van der Waals surface area (Å²) in [6.45, 7) is 1.09. The van der Waals surface area contributed by atoms with Crippen molar-refractivity contribution in [1.29, 1.82) is 0 Å². The van der Waals surface area contributed by atoms with Crippen LogP contribution in [0.15, 0.2) is 53.3 Å². The fourth-order valence-corrected chi connectivity index (χ4v) is 2.74. The van der Waals surface area contributed by atoms with Crippen LogP contribution >= 0.6 is 0 Å². The van der Waals surface area contributed by atoms with Gasteiger partial charge in [-0.25, -0.2) is 0 Å².